The Balaban J connectivity index is 1.83. The molecular weight excluding hydrogens is 498 g/mol. The number of amides is 1. The highest BCUT2D eigenvalue weighted by atomic mass is 79.9. The number of sulfone groups is 1. The quantitative estimate of drug-likeness (QED) is 0.487. The van der Waals surface area contributed by atoms with Crippen LogP contribution < -0.4 is 0 Å². The molecule has 0 radical (unpaired) electrons. The van der Waals surface area contributed by atoms with Crippen LogP contribution >= 0.6 is 27.3 Å². The Hall–Kier alpha value is -2.42. The minimum atomic E-state index is -4.10. The molecule has 8 heteroatoms. The van der Waals surface area contributed by atoms with Gasteiger partial charge in [-0.25, -0.2) is 8.42 Å². The number of hydrogen-bond acceptors (Lipinski definition) is 5. The predicted octanol–water partition coefficient (Wildman–Crippen LogP) is 5.45. The average molecular weight is 518 g/mol. The lowest BCUT2D eigenvalue weighted by atomic mass is 10.1. The molecule has 160 valence electrons. The summed E-state index contributed by atoms with van der Waals surface area (Å²) in [7, 11) is -4.10. The summed E-state index contributed by atoms with van der Waals surface area (Å²) in [6.07, 6.45) is 0. The van der Waals surface area contributed by atoms with E-state index in [2.05, 4.69) is 15.9 Å². The molecule has 5 nitrogen and oxygen atoms in total. The van der Waals surface area contributed by atoms with E-state index in [0.717, 1.165) is 21.2 Å². The van der Waals surface area contributed by atoms with Crippen molar-refractivity contribution in [1.29, 1.82) is 0 Å². The number of carbonyl (C=O) groups is 1. The van der Waals surface area contributed by atoms with Crippen LogP contribution in [0.3, 0.4) is 0 Å². The number of rotatable bonds is 5. The largest absolute Gasteiger partial charge is 0.502 e. The second-order valence-corrected chi connectivity index (χ2v) is 11.3. The van der Waals surface area contributed by atoms with Crippen LogP contribution in [0.1, 0.15) is 27.6 Å². The van der Waals surface area contributed by atoms with Gasteiger partial charge < -0.3 is 10.0 Å². The molecule has 31 heavy (non-hydrogen) atoms. The normalized spacial score (nSPS) is 16.9. The first kappa shape index (κ1) is 21.8. The third-order valence-corrected chi connectivity index (χ3v) is 8.84. The predicted molar refractivity (Wildman–Crippen MR) is 125 cm³/mol. The van der Waals surface area contributed by atoms with E-state index in [4.69, 9.17) is 0 Å². The zero-order chi connectivity index (χ0) is 22.3. The molecular formula is C23H20BrNO4S2. The first-order chi connectivity index (χ1) is 14.7. The number of aryl methyl sites for hydroxylation is 2. The van der Waals surface area contributed by atoms with Crippen LogP contribution in [0.4, 0.5) is 0 Å². The maximum Gasteiger partial charge on any atom is 0.290 e. The smallest absolute Gasteiger partial charge is 0.290 e. The maximum absolute atomic E-state index is 13.5. The van der Waals surface area contributed by atoms with E-state index in [9.17, 15) is 18.3 Å². The summed E-state index contributed by atoms with van der Waals surface area (Å²) in [4.78, 5) is 14.9. The van der Waals surface area contributed by atoms with E-state index in [0.29, 0.717) is 4.88 Å². The van der Waals surface area contributed by atoms with Gasteiger partial charge >= 0.3 is 0 Å². The third-order valence-electron chi connectivity index (χ3n) is 5.21. The van der Waals surface area contributed by atoms with Crippen molar-refractivity contribution in [2.45, 2.75) is 31.3 Å². The first-order valence-electron chi connectivity index (χ1n) is 9.54. The monoisotopic (exact) mass is 517 g/mol. The lowest BCUT2D eigenvalue weighted by Gasteiger charge is -2.26. The number of halogens is 1. The molecule has 0 saturated carbocycles. The molecule has 0 spiro atoms. The molecule has 0 saturated heterocycles. The Kier molecular flexibility index (Phi) is 5.81. The Labute approximate surface area is 193 Å². The number of thiophene rings is 1. The third kappa shape index (κ3) is 4.07. The SMILES string of the molecule is Cc1ccc(CN2C(=O)C(O)=C(S(=O)(=O)c3ccc(C)cc3)[C@H]2c2cc(Br)cs2)cc1. The zero-order valence-corrected chi connectivity index (χ0v) is 20.1. The minimum absolute atomic E-state index is 0.0465. The molecule has 3 aromatic rings. The fourth-order valence-electron chi connectivity index (χ4n) is 3.56. The summed E-state index contributed by atoms with van der Waals surface area (Å²) in [6, 6.07) is 14.9. The van der Waals surface area contributed by atoms with E-state index in [1.54, 1.807) is 18.2 Å². The standard InChI is InChI=1S/C23H20BrNO4S2/c1-14-3-7-16(8-4-14)12-25-20(19-11-17(24)13-30-19)22(21(26)23(25)27)31(28,29)18-9-5-15(2)6-10-18/h3-11,13,20,26H,12H2,1-2H3/t20-/m1/s1. The summed E-state index contributed by atoms with van der Waals surface area (Å²) in [6.45, 7) is 4.01. The number of hydrogen-bond donors (Lipinski definition) is 1. The highest BCUT2D eigenvalue weighted by Gasteiger charge is 2.47. The fraction of sp³-hybridized carbons (Fsp3) is 0.174. The van der Waals surface area contributed by atoms with Gasteiger partial charge in [0.25, 0.3) is 5.91 Å². The number of nitrogens with zero attached hydrogens (tertiary/aromatic N) is 1. The van der Waals surface area contributed by atoms with Gasteiger partial charge in [-0.15, -0.1) is 11.3 Å². The van der Waals surface area contributed by atoms with Crippen LogP contribution in [0, 0.1) is 13.8 Å². The van der Waals surface area contributed by atoms with Gasteiger partial charge in [0, 0.05) is 21.3 Å². The lowest BCUT2D eigenvalue weighted by Crippen LogP contribution is -2.30. The number of benzene rings is 2. The topological polar surface area (TPSA) is 74.7 Å². The van der Waals surface area contributed by atoms with Crippen LogP contribution in [-0.4, -0.2) is 24.3 Å². The van der Waals surface area contributed by atoms with Crippen molar-refractivity contribution < 1.29 is 18.3 Å². The molecule has 1 aromatic heterocycles. The molecule has 0 aliphatic carbocycles. The Morgan fingerprint density at radius 3 is 2.16 bits per heavy atom. The van der Waals surface area contributed by atoms with Crippen molar-refractivity contribution in [3.05, 3.63) is 96.7 Å². The molecule has 1 aliphatic rings. The minimum Gasteiger partial charge on any atom is -0.502 e. The highest BCUT2D eigenvalue weighted by molar-refractivity contribution is 9.10. The Morgan fingerprint density at radius 1 is 1.03 bits per heavy atom. The van der Waals surface area contributed by atoms with Crippen LogP contribution in [0.25, 0.3) is 0 Å². The van der Waals surface area contributed by atoms with Crippen LogP contribution in [0.5, 0.6) is 0 Å². The van der Waals surface area contributed by atoms with Crippen molar-refractivity contribution in [2.24, 2.45) is 0 Å². The second kappa shape index (κ2) is 8.26. The number of aliphatic hydroxyl groups excluding tert-OH is 1. The molecule has 1 N–H and O–H groups in total. The zero-order valence-electron chi connectivity index (χ0n) is 16.9. The average Bonchev–Trinajstić information content (AvgIpc) is 3.26. The van der Waals surface area contributed by atoms with Crippen LogP contribution in [-0.2, 0) is 21.2 Å². The number of carbonyl (C=O) groups excluding carboxylic acids is 1. The summed E-state index contributed by atoms with van der Waals surface area (Å²) < 4.78 is 27.8. The van der Waals surface area contributed by atoms with Gasteiger partial charge in [0.2, 0.25) is 9.84 Å². The molecule has 0 fully saturated rings. The van der Waals surface area contributed by atoms with Crippen molar-refractivity contribution >= 4 is 43.0 Å². The fourth-order valence-corrected chi connectivity index (χ4v) is 6.83. The van der Waals surface area contributed by atoms with Crippen molar-refractivity contribution in [3.8, 4) is 0 Å². The van der Waals surface area contributed by atoms with E-state index in [1.807, 2.05) is 43.5 Å². The Morgan fingerprint density at radius 2 is 1.61 bits per heavy atom. The summed E-state index contributed by atoms with van der Waals surface area (Å²) in [5.74, 6) is -1.41. The Bertz CT molecular complexity index is 1280. The maximum atomic E-state index is 13.5. The lowest BCUT2D eigenvalue weighted by molar-refractivity contribution is -0.130. The summed E-state index contributed by atoms with van der Waals surface area (Å²) >= 11 is 4.74. The molecule has 1 atom stereocenters. The second-order valence-electron chi connectivity index (χ2n) is 7.52. The highest BCUT2D eigenvalue weighted by Crippen LogP contribution is 2.45. The van der Waals surface area contributed by atoms with E-state index < -0.39 is 27.5 Å². The first-order valence-corrected chi connectivity index (χ1v) is 12.7. The van der Waals surface area contributed by atoms with Crippen LogP contribution in [0.2, 0.25) is 0 Å². The molecule has 1 aliphatic heterocycles. The van der Waals surface area contributed by atoms with Crippen molar-refractivity contribution in [2.75, 3.05) is 0 Å². The molecule has 2 aromatic carbocycles. The van der Waals surface area contributed by atoms with E-state index in [1.165, 1.54) is 28.4 Å². The van der Waals surface area contributed by atoms with Gasteiger partial charge in [-0.1, -0.05) is 47.5 Å². The van der Waals surface area contributed by atoms with Gasteiger partial charge in [-0.3, -0.25) is 4.79 Å². The molecule has 0 unspecified atom stereocenters. The van der Waals surface area contributed by atoms with E-state index in [-0.39, 0.29) is 16.3 Å². The molecule has 4 rings (SSSR count). The van der Waals surface area contributed by atoms with Gasteiger partial charge in [0.1, 0.15) is 10.9 Å². The van der Waals surface area contributed by atoms with Gasteiger partial charge in [-0.2, -0.15) is 0 Å². The molecule has 0 bridgehead atoms. The van der Waals surface area contributed by atoms with Gasteiger partial charge in [-0.05, 0) is 53.5 Å². The molecule has 1 amide bonds. The van der Waals surface area contributed by atoms with E-state index >= 15 is 0 Å². The van der Waals surface area contributed by atoms with Crippen molar-refractivity contribution in [1.82, 2.24) is 4.90 Å². The number of aliphatic hydroxyl groups is 1. The van der Waals surface area contributed by atoms with Gasteiger partial charge in [0.15, 0.2) is 5.76 Å². The molecule has 2 heterocycles. The van der Waals surface area contributed by atoms with Crippen molar-refractivity contribution in [3.63, 3.8) is 0 Å². The van der Waals surface area contributed by atoms with Crippen LogP contribution in [0.15, 0.2) is 80.0 Å². The summed E-state index contributed by atoms with van der Waals surface area (Å²) in [5.41, 5.74) is 2.85. The van der Waals surface area contributed by atoms with Gasteiger partial charge in [0.05, 0.1) is 4.90 Å². The summed E-state index contributed by atoms with van der Waals surface area (Å²) in [5, 5.41) is 12.6.